The van der Waals surface area contributed by atoms with Crippen LogP contribution >= 0.6 is 0 Å². The van der Waals surface area contributed by atoms with Crippen LogP contribution < -0.4 is 20.5 Å². The number of rotatable bonds is 5. The molecule has 0 radical (unpaired) electrons. The summed E-state index contributed by atoms with van der Waals surface area (Å²) in [4.78, 5) is 15.8. The Kier molecular flexibility index (Phi) is 5.14. The average molecular weight is 336 g/mol. The zero-order valence-corrected chi connectivity index (χ0v) is 13.1. The summed E-state index contributed by atoms with van der Waals surface area (Å²) in [6.45, 7) is 0.236. The number of hydrogen-bond acceptors (Lipinski definition) is 5. The summed E-state index contributed by atoms with van der Waals surface area (Å²) in [6, 6.07) is 8.81. The third-order valence-electron chi connectivity index (χ3n) is 2.91. The fourth-order valence-corrected chi connectivity index (χ4v) is 2.25. The molecule has 1 heterocycles. The summed E-state index contributed by atoms with van der Waals surface area (Å²) in [6.07, 6.45) is 1.47. The lowest BCUT2D eigenvalue weighted by Crippen LogP contribution is -2.28. The number of hydrogen-bond donors (Lipinski definition) is 3. The molecule has 0 aliphatic rings. The van der Waals surface area contributed by atoms with Crippen LogP contribution in [0.15, 0.2) is 47.5 Å². The highest BCUT2D eigenvalue weighted by Crippen LogP contribution is 2.11. The molecule has 2 rings (SSSR count). The highest BCUT2D eigenvalue weighted by Gasteiger charge is 2.07. The molecule has 23 heavy (non-hydrogen) atoms. The number of methoxy groups -OCH3 is 1. The monoisotopic (exact) mass is 336 g/mol. The van der Waals surface area contributed by atoms with Gasteiger partial charge >= 0.3 is 6.03 Å². The van der Waals surface area contributed by atoms with Crippen LogP contribution in [0.4, 0.5) is 10.5 Å². The second-order valence-corrected chi connectivity index (χ2v) is 6.15. The van der Waals surface area contributed by atoms with E-state index in [1.54, 1.807) is 24.3 Å². The number of sulfonamides is 1. The van der Waals surface area contributed by atoms with E-state index in [9.17, 15) is 13.2 Å². The van der Waals surface area contributed by atoms with Crippen LogP contribution in [0.2, 0.25) is 0 Å². The van der Waals surface area contributed by atoms with Crippen molar-refractivity contribution in [3.05, 3.63) is 48.2 Å². The van der Waals surface area contributed by atoms with Crippen molar-refractivity contribution in [3.8, 4) is 5.88 Å². The number of nitrogens with zero attached hydrogens (tertiary/aromatic N) is 1. The smallest absolute Gasteiger partial charge is 0.319 e. The van der Waals surface area contributed by atoms with Crippen molar-refractivity contribution in [2.75, 3.05) is 12.4 Å². The third kappa shape index (κ3) is 4.94. The Morgan fingerprint density at radius 3 is 2.43 bits per heavy atom. The highest BCUT2D eigenvalue weighted by atomic mass is 32.2. The Morgan fingerprint density at radius 1 is 1.22 bits per heavy atom. The summed E-state index contributed by atoms with van der Waals surface area (Å²) < 4.78 is 27.2. The maximum Gasteiger partial charge on any atom is 0.319 e. The topological polar surface area (TPSA) is 123 Å². The number of pyridine rings is 1. The molecule has 2 amide bonds. The van der Waals surface area contributed by atoms with Crippen LogP contribution in [0.5, 0.6) is 5.88 Å². The number of nitrogens with two attached hydrogens (primary N) is 1. The number of amides is 2. The predicted octanol–water partition coefficient (Wildman–Crippen LogP) is 1.06. The van der Waals surface area contributed by atoms with Gasteiger partial charge in [-0.25, -0.2) is 23.3 Å². The quantitative estimate of drug-likeness (QED) is 0.753. The Morgan fingerprint density at radius 2 is 1.91 bits per heavy atom. The van der Waals surface area contributed by atoms with Gasteiger partial charge in [-0.05, 0) is 23.8 Å². The number of ether oxygens (including phenoxy) is 1. The molecule has 2 aromatic rings. The van der Waals surface area contributed by atoms with E-state index >= 15 is 0 Å². The minimum absolute atomic E-state index is 0.0232. The lowest BCUT2D eigenvalue weighted by molar-refractivity contribution is 0.251. The number of primary sulfonamides is 1. The van der Waals surface area contributed by atoms with E-state index in [4.69, 9.17) is 9.88 Å². The first-order valence-corrected chi connectivity index (χ1v) is 8.10. The summed E-state index contributed by atoms with van der Waals surface area (Å²) in [5.74, 6) is 0.450. The summed E-state index contributed by atoms with van der Waals surface area (Å²) >= 11 is 0. The average Bonchev–Trinajstić information content (AvgIpc) is 2.53. The lowest BCUT2D eigenvalue weighted by Gasteiger charge is -2.08. The third-order valence-corrected chi connectivity index (χ3v) is 3.84. The van der Waals surface area contributed by atoms with Gasteiger partial charge in [0.05, 0.1) is 23.9 Å². The van der Waals surface area contributed by atoms with E-state index in [-0.39, 0.29) is 11.4 Å². The molecule has 8 nitrogen and oxygen atoms in total. The second kappa shape index (κ2) is 7.07. The van der Waals surface area contributed by atoms with Crippen LogP contribution in [-0.4, -0.2) is 26.5 Å². The molecule has 0 aliphatic heterocycles. The summed E-state index contributed by atoms with van der Waals surface area (Å²) in [5, 5.41) is 10.3. The number of carbonyl (C=O) groups is 1. The standard InChI is InChI=1S/C14H16N4O4S/c1-22-13-7-4-11(9-16-13)18-14(19)17-8-10-2-5-12(6-3-10)23(15,20)21/h2-7,9H,8H2,1H3,(H2,15,20,21)(H2,17,18,19). The van der Waals surface area contributed by atoms with Gasteiger partial charge < -0.3 is 15.4 Å². The van der Waals surface area contributed by atoms with Gasteiger partial charge in [0.25, 0.3) is 0 Å². The fourth-order valence-electron chi connectivity index (χ4n) is 1.73. The molecule has 0 spiro atoms. The lowest BCUT2D eigenvalue weighted by atomic mass is 10.2. The van der Waals surface area contributed by atoms with Crippen LogP contribution in [0.1, 0.15) is 5.56 Å². The number of anilines is 1. The molecule has 0 unspecified atom stereocenters. The highest BCUT2D eigenvalue weighted by molar-refractivity contribution is 7.89. The summed E-state index contributed by atoms with van der Waals surface area (Å²) in [7, 11) is -2.21. The van der Waals surface area contributed by atoms with Gasteiger partial charge in [-0.1, -0.05) is 12.1 Å². The number of urea groups is 1. The predicted molar refractivity (Wildman–Crippen MR) is 84.5 cm³/mol. The normalized spacial score (nSPS) is 10.9. The van der Waals surface area contributed by atoms with Gasteiger partial charge in [0.2, 0.25) is 15.9 Å². The molecular formula is C14H16N4O4S. The molecular weight excluding hydrogens is 320 g/mol. The van der Waals surface area contributed by atoms with Gasteiger partial charge in [-0.3, -0.25) is 0 Å². The number of aromatic nitrogens is 1. The van der Waals surface area contributed by atoms with E-state index in [1.165, 1.54) is 25.4 Å². The van der Waals surface area contributed by atoms with Gasteiger partial charge in [-0.15, -0.1) is 0 Å². The molecule has 1 aromatic heterocycles. The van der Waals surface area contributed by atoms with Crippen LogP contribution in [0.3, 0.4) is 0 Å². The molecule has 0 saturated carbocycles. The van der Waals surface area contributed by atoms with E-state index in [2.05, 4.69) is 15.6 Å². The Hall–Kier alpha value is -2.65. The first-order valence-electron chi connectivity index (χ1n) is 6.55. The Labute approximate surface area is 133 Å². The fraction of sp³-hybridized carbons (Fsp3) is 0.143. The van der Waals surface area contributed by atoms with Crippen LogP contribution in [0.25, 0.3) is 0 Å². The first-order chi connectivity index (χ1) is 10.9. The van der Waals surface area contributed by atoms with Gasteiger partial charge in [0.15, 0.2) is 0 Å². The number of carbonyl (C=O) groups excluding carboxylic acids is 1. The van der Waals surface area contributed by atoms with Gasteiger partial charge in [-0.2, -0.15) is 0 Å². The maximum atomic E-state index is 11.8. The summed E-state index contributed by atoms with van der Waals surface area (Å²) in [5.41, 5.74) is 1.26. The van der Waals surface area contributed by atoms with Crippen molar-refractivity contribution < 1.29 is 17.9 Å². The second-order valence-electron chi connectivity index (χ2n) is 4.59. The molecule has 0 atom stereocenters. The van der Waals surface area contributed by atoms with Crippen molar-refractivity contribution in [2.45, 2.75) is 11.4 Å². The maximum absolute atomic E-state index is 11.8. The first kappa shape index (κ1) is 16.7. The largest absolute Gasteiger partial charge is 0.481 e. The van der Waals surface area contributed by atoms with E-state index in [0.717, 1.165) is 5.56 Å². The minimum Gasteiger partial charge on any atom is -0.481 e. The van der Waals surface area contributed by atoms with Gasteiger partial charge in [0, 0.05) is 12.6 Å². The van der Waals surface area contributed by atoms with Crippen molar-refractivity contribution in [3.63, 3.8) is 0 Å². The number of nitrogens with one attached hydrogen (secondary N) is 2. The van der Waals surface area contributed by atoms with Crippen molar-refractivity contribution >= 4 is 21.7 Å². The van der Waals surface area contributed by atoms with E-state index < -0.39 is 16.1 Å². The molecule has 9 heteroatoms. The Balaban J connectivity index is 1.88. The van der Waals surface area contributed by atoms with Crippen molar-refractivity contribution in [1.29, 1.82) is 0 Å². The van der Waals surface area contributed by atoms with Crippen LogP contribution in [-0.2, 0) is 16.6 Å². The number of benzene rings is 1. The molecule has 1 aromatic carbocycles. The molecule has 0 saturated heterocycles. The van der Waals surface area contributed by atoms with Gasteiger partial charge in [0.1, 0.15) is 0 Å². The molecule has 0 aliphatic carbocycles. The van der Waals surface area contributed by atoms with Crippen LogP contribution in [0, 0.1) is 0 Å². The zero-order chi connectivity index (χ0) is 16.9. The van der Waals surface area contributed by atoms with E-state index in [1.807, 2.05) is 0 Å². The molecule has 4 N–H and O–H groups in total. The van der Waals surface area contributed by atoms with Crippen molar-refractivity contribution in [1.82, 2.24) is 10.3 Å². The molecule has 0 fully saturated rings. The van der Waals surface area contributed by atoms with E-state index in [0.29, 0.717) is 11.6 Å². The molecule has 0 bridgehead atoms. The van der Waals surface area contributed by atoms with Crippen molar-refractivity contribution in [2.24, 2.45) is 5.14 Å². The minimum atomic E-state index is -3.71. The Bertz CT molecular complexity index is 773. The zero-order valence-electron chi connectivity index (χ0n) is 12.3. The molecule has 122 valence electrons. The SMILES string of the molecule is COc1ccc(NC(=O)NCc2ccc(S(N)(=O)=O)cc2)cn1.